The van der Waals surface area contributed by atoms with Crippen molar-refractivity contribution in [1.82, 2.24) is 19.7 Å². The lowest BCUT2D eigenvalue weighted by molar-refractivity contribution is -0.132. The van der Waals surface area contributed by atoms with Crippen LogP contribution in [0.15, 0.2) is 55.4 Å². The Morgan fingerprint density at radius 3 is 2.52 bits per heavy atom. The molecule has 1 aromatic carbocycles. The summed E-state index contributed by atoms with van der Waals surface area (Å²) < 4.78 is 5.41. The Balaban J connectivity index is 1.42. The van der Waals surface area contributed by atoms with Crippen molar-refractivity contribution in [3.63, 3.8) is 0 Å². The summed E-state index contributed by atoms with van der Waals surface area (Å²) in [4.78, 5) is 35.8. The van der Waals surface area contributed by atoms with Gasteiger partial charge < -0.3 is 9.64 Å². The Hall–Kier alpha value is -3.03. The zero-order valence-corrected chi connectivity index (χ0v) is 17.7. The minimum atomic E-state index is -0.161. The summed E-state index contributed by atoms with van der Waals surface area (Å²) in [7, 11) is 0. The van der Waals surface area contributed by atoms with Crippen LogP contribution in [0.2, 0.25) is 0 Å². The number of hydrogen-bond donors (Lipinski definition) is 0. The van der Waals surface area contributed by atoms with E-state index in [4.69, 9.17) is 4.74 Å². The van der Waals surface area contributed by atoms with Crippen LogP contribution >= 0.6 is 0 Å². The summed E-state index contributed by atoms with van der Waals surface area (Å²) in [5.74, 6) is -0.243. The lowest BCUT2D eigenvalue weighted by Crippen LogP contribution is -2.42. The minimum Gasteiger partial charge on any atom is -0.379 e. The highest BCUT2D eigenvalue weighted by atomic mass is 16.5. The predicted octanol–water partition coefficient (Wildman–Crippen LogP) is 2.26. The first-order chi connectivity index (χ1) is 15.1. The molecule has 7 nitrogen and oxygen atoms in total. The van der Waals surface area contributed by atoms with Gasteiger partial charge in [-0.2, -0.15) is 0 Å². The monoisotopic (exact) mass is 420 g/mol. The molecular formula is C24H28N4O3. The molecule has 1 fully saturated rings. The van der Waals surface area contributed by atoms with Gasteiger partial charge in [-0.25, -0.2) is 0 Å². The quantitative estimate of drug-likeness (QED) is 0.655. The molecule has 0 bridgehead atoms. The van der Waals surface area contributed by atoms with E-state index in [1.807, 2.05) is 35.2 Å². The predicted molar refractivity (Wildman–Crippen MR) is 118 cm³/mol. The van der Waals surface area contributed by atoms with Crippen LogP contribution in [-0.4, -0.2) is 77.4 Å². The van der Waals surface area contributed by atoms with Crippen molar-refractivity contribution in [2.45, 2.75) is 13.0 Å². The lowest BCUT2D eigenvalue weighted by Gasteiger charge is -2.29. The summed E-state index contributed by atoms with van der Waals surface area (Å²) in [6.45, 7) is 9.47. The van der Waals surface area contributed by atoms with E-state index in [1.54, 1.807) is 18.5 Å². The van der Waals surface area contributed by atoms with Crippen molar-refractivity contribution in [2.75, 3.05) is 45.9 Å². The van der Waals surface area contributed by atoms with E-state index in [-0.39, 0.29) is 18.4 Å². The standard InChI is InChI=1S/C24H28N4O3/c1-19-21-5-2-3-6-22(21)24(30)28(19)18-23(29)27(17-20-7-9-25-10-8-20)12-4-11-26-13-15-31-16-14-26/h2-3,5-10H,1,4,11-18H2. The van der Waals surface area contributed by atoms with Crippen LogP contribution in [0.1, 0.15) is 27.9 Å². The normalized spacial score (nSPS) is 16.5. The van der Waals surface area contributed by atoms with Gasteiger partial charge in [0.15, 0.2) is 0 Å². The van der Waals surface area contributed by atoms with Gasteiger partial charge in [-0.3, -0.25) is 24.4 Å². The highest BCUT2D eigenvalue weighted by Crippen LogP contribution is 2.31. The van der Waals surface area contributed by atoms with E-state index in [2.05, 4.69) is 16.5 Å². The molecule has 2 aliphatic rings. The van der Waals surface area contributed by atoms with Gasteiger partial charge in [0, 0.05) is 61.9 Å². The number of carbonyl (C=O) groups is 2. The van der Waals surface area contributed by atoms with Gasteiger partial charge in [-0.1, -0.05) is 24.8 Å². The number of fused-ring (bicyclic) bond motifs is 1. The van der Waals surface area contributed by atoms with Crippen LogP contribution in [0.3, 0.4) is 0 Å². The third-order valence-electron chi connectivity index (χ3n) is 5.81. The Morgan fingerprint density at radius 1 is 1.10 bits per heavy atom. The maximum absolute atomic E-state index is 13.3. The molecule has 0 atom stereocenters. The molecule has 1 saturated heterocycles. The number of carbonyl (C=O) groups excluding carboxylic acids is 2. The largest absolute Gasteiger partial charge is 0.379 e. The maximum Gasteiger partial charge on any atom is 0.259 e. The second-order valence-electron chi connectivity index (χ2n) is 7.86. The number of rotatable bonds is 8. The van der Waals surface area contributed by atoms with Crippen molar-refractivity contribution in [2.24, 2.45) is 0 Å². The van der Waals surface area contributed by atoms with Crippen LogP contribution < -0.4 is 0 Å². The molecule has 2 aromatic rings. The van der Waals surface area contributed by atoms with Gasteiger partial charge in [0.1, 0.15) is 6.54 Å². The van der Waals surface area contributed by atoms with Crippen LogP contribution in [0.25, 0.3) is 5.70 Å². The fourth-order valence-corrected chi connectivity index (χ4v) is 4.05. The molecule has 2 amide bonds. The van der Waals surface area contributed by atoms with Gasteiger partial charge in [0.25, 0.3) is 5.91 Å². The number of nitrogens with zero attached hydrogens (tertiary/aromatic N) is 4. The number of aromatic nitrogens is 1. The first-order valence-electron chi connectivity index (χ1n) is 10.7. The number of morpholine rings is 1. The van der Waals surface area contributed by atoms with E-state index in [9.17, 15) is 9.59 Å². The molecule has 3 heterocycles. The van der Waals surface area contributed by atoms with Gasteiger partial charge >= 0.3 is 0 Å². The molecule has 1 aromatic heterocycles. The first kappa shape index (κ1) is 21.2. The summed E-state index contributed by atoms with van der Waals surface area (Å²) >= 11 is 0. The van der Waals surface area contributed by atoms with Crippen molar-refractivity contribution in [1.29, 1.82) is 0 Å². The molecular weight excluding hydrogens is 392 g/mol. The molecule has 31 heavy (non-hydrogen) atoms. The highest BCUT2D eigenvalue weighted by Gasteiger charge is 2.33. The Bertz CT molecular complexity index is 906. The molecule has 4 rings (SSSR count). The van der Waals surface area contributed by atoms with Gasteiger partial charge in [-0.05, 0) is 30.2 Å². The molecule has 0 aliphatic carbocycles. The number of pyridine rings is 1. The molecule has 0 spiro atoms. The smallest absolute Gasteiger partial charge is 0.259 e. The van der Waals surface area contributed by atoms with Crippen molar-refractivity contribution < 1.29 is 14.3 Å². The van der Waals surface area contributed by atoms with E-state index < -0.39 is 0 Å². The zero-order valence-electron chi connectivity index (χ0n) is 17.7. The second kappa shape index (κ2) is 9.85. The van der Waals surface area contributed by atoms with Crippen molar-refractivity contribution in [3.05, 3.63) is 72.1 Å². The third-order valence-corrected chi connectivity index (χ3v) is 5.81. The van der Waals surface area contributed by atoms with Gasteiger partial charge in [0.2, 0.25) is 5.91 Å². The van der Waals surface area contributed by atoms with E-state index >= 15 is 0 Å². The van der Waals surface area contributed by atoms with Gasteiger partial charge in [-0.15, -0.1) is 0 Å². The number of hydrogen-bond acceptors (Lipinski definition) is 5. The van der Waals surface area contributed by atoms with Crippen LogP contribution in [0.4, 0.5) is 0 Å². The molecule has 0 unspecified atom stereocenters. The number of ether oxygens (including phenoxy) is 1. The molecule has 0 radical (unpaired) electrons. The topological polar surface area (TPSA) is 66.0 Å². The fraction of sp³-hybridized carbons (Fsp3) is 0.375. The summed E-state index contributed by atoms with van der Waals surface area (Å²) in [5, 5.41) is 0. The fourth-order valence-electron chi connectivity index (χ4n) is 4.05. The van der Waals surface area contributed by atoms with E-state index in [0.29, 0.717) is 24.4 Å². The molecule has 0 saturated carbocycles. The average molecular weight is 421 g/mol. The Kier molecular flexibility index (Phi) is 6.74. The highest BCUT2D eigenvalue weighted by molar-refractivity contribution is 6.10. The van der Waals surface area contributed by atoms with Crippen LogP contribution in [0, 0.1) is 0 Å². The second-order valence-corrected chi connectivity index (χ2v) is 7.86. The maximum atomic E-state index is 13.3. The number of benzene rings is 1. The molecule has 7 heteroatoms. The van der Waals surface area contributed by atoms with E-state index in [1.165, 1.54) is 4.90 Å². The van der Waals surface area contributed by atoms with Crippen molar-refractivity contribution >= 4 is 17.5 Å². The third kappa shape index (κ3) is 5.00. The van der Waals surface area contributed by atoms with Crippen molar-refractivity contribution in [3.8, 4) is 0 Å². The average Bonchev–Trinajstić information content (AvgIpc) is 3.05. The van der Waals surface area contributed by atoms with Crippen LogP contribution in [0.5, 0.6) is 0 Å². The minimum absolute atomic E-state index is 0.00498. The SMILES string of the molecule is C=C1c2ccccc2C(=O)N1CC(=O)N(CCCN1CCOCC1)Cc1ccncc1. The molecule has 2 aliphatic heterocycles. The van der Waals surface area contributed by atoms with E-state index in [0.717, 1.165) is 50.4 Å². The Morgan fingerprint density at radius 2 is 1.81 bits per heavy atom. The van der Waals surface area contributed by atoms with Gasteiger partial charge in [0.05, 0.1) is 13.2 Å². The summed E-state index contributed by atoms with van der Waals surface area (Å²) in [6, 6.07) is 11.2. The molecule has 0 N–H and O–H groups in total. The Labute approximate surface area is 182 Å². The summed E-state index contributed by atoms with van der Waals surface area (Å²) in [5.41, 5.74) is 3.01. The lowest BCUT2D eigenvalue weighted by atomic mass is 10.1. The zero-order chi connectivity index (χ0) is 21.6. The summed E-state index contributed by atoms with van der Waals surface area (Å²) in [6.07, 6.45) is 4.33. The molecule has 162 valence electrons. The van der Waals surface area contributed by atoms with Crippen LogP contribution in [-0.2, 0) is 16.1 Å². The number of amides is 2. The first-order valence-corrected chi connectivity index (χ1v) is 10.7.